The van der Waals surface area contributed by atoms with Gasteiger partial charge in [-0.25, -0.2) is 4.98 Å². The minimum atomic E-state index is 0.695. The summed E-state index contributed by atoms with van der Waals surface area (Å²) in [6.07, 6.45) is 9.47. The quantitative estimate of drug-likeness (QED) is 0.918. The average molecular weight is 306 g/mol. The van der Waals surface area contributed by atoms with Crippen LogP contribution in [0.15, 0.2) is 12.1 Å². The van der Waals surface area contributed by atoms with Crippen molar-refractivity contribution in [3.63, 3.8) is 0 Å². The zero-order valence-corrected chi connectivity index (χ0v) is 13.3. The molecule has 1 aromatic heterocycles. The molecule has 2 aliphatic carbocycles. The maximum atomic E-state index is 6.32. The number of nitrogens with zero attached hydrogens (tertiary/aromatic N) is 2. The van der Waals surface area contributed by atoms with E-state index in [2.05, 4.69) is 16.3 Å². The molecule has 2 unspecified atom stereocenters. The van der Waals surface area contributed by atoms with E-state index in [9.17, 15) is 0 Å². The minimum absolute atomic E-state index is 0.695. The fourth-order valence-electron chi connectivity index (χ4n) is 3.98. The summed E-state index contributed by atoms with van der Waals surface area (Å²) in [6, 6.07) is 5.56. The fourth-order valence-corrected chi connectivity index (χ4v) is 4.15. The molecule has 1 aliphatic heterocycles. The third-order valence-electron chi connectivity index (χ3n) is 5.34. The van der Waals surface area contributed by atoms with Crippen LogP contribution in [-0.4, -0.2) is 23.6 Å². The minimum Gasteiger partial charge on any atom is -0.353 e. The molecule has 0 spiro atoms. The second kappa shape index (κ2) is 5.77. The average Bonchev–Trinajstić information content (AvgIpc) is 3.24. The van der Waals surface area contributed by atoms with Gasteiger partial charge in [-0.1, -0.05) is 24.4 Å². The van der Waals surface area contributed by atoms with Crippen molar-refractivity contribution >= 4 is 17.4 Å². The van der Waals surface area contributed by atoms with Crippen LogP contribution in [0, 0.1) is 5.92 Å². The van der Waals surface area contributed by atoms with Crippen LogP contribution in [0.1, 0.15) is 50.6 Å². The van der Waals surface area contributed by atoms with E-state index in [1.165, 1.54) is 51.5 Å². The first-order valence-corrected chi connectivity index (χ1v) is 8.84. The number of pyridine rings is 1. The van der Waals surface area contributed by atoms with Gasteiger partial charge in [-0.3, -0.25) is 0 Å². The van der Waals surface area contributed by atoms with Gasteiger partial charge >= 0.3 is 0 Å². The van der Waals surface area contributed by atoms with Crippen LogP contribution in [0.25, 0.3) is 0 Å². The molecule has 3 nitrogen and oxygen atoms in total. The molecule has 21 heavy (non-hydrogen) atoms. The molecule has 0 bridgehead atoms. The van der Waals surface area contributed by atoms with Crippen molar-refractivity contribution in [1.82, 2.24) is 10.3 Å². The molecule has 3 aliphatic rings. The summed E-state index contributed by atoms with van der Waals surface area (Å²) in [5.74, 6) is 2.03. The van der Waals surface area contributed by atoms with Gasteiger partial charge in [0, 0.05) is 25.2 Å². The highest BCUT2D eigenvalue weighted by Crippen LogP contribution is 2.38. The molecule has 4 heteroatoms. The molecule has 3 fully saturated rings. The SMILES string of the molecule is Clc1ccc(N2CCC3CCCCC32)nc1CNC1CC1. The van der Waals surface area contributed by atoms with Crippen LogP contribution in [0.2, 0.25) is 5.02 Å². The van der Waals surface area contributed by atoms with E-state index >= 15 is 0 Å². The highest BCUT2D eigenvalue weighted by atomic mass is 35.5. The lowest BCUT2D eigenvalue weighted by molar-refractivity contribution is 0.341. The van der Waals surface area contributed by atoms with Crippen molar-refractivity contribution in [2.45, 2.75) is 63.6 Å². The number of halogens is 1. The topological polar surface area (TPSA) is 28.2 Å². The van der Waals surface area contributed by atoms with Gasteiger partial charge < -0.3 is 10.2 Å². The Hall–Kier alpha value is -0.800. The monoisotopic (exact) mass is 305 g/mol. The van der Waals surface area contributed by atoms with Crippen molar-refractivity contribution in [1.29, 1.82) is 0 Å². The van der Waals surface area contributed by atoms with Gasteiger partial charge in [0.25, 0.3) is 0 Å². The van der Waals surface area contributed by atoms with Crippen LogP contribution in [0.5, 0.6) is 0 Å². The van der Waals surface area contributed by atoms with Crippen LogP contribution in [0.4, 0.5) is 5.82 Å². The largest absolute Gasteiger partial charge is 0.353 e. The first-order chi connectivity index (χ1) is 10.3. The molecular formula is C17H24ClN3. The van der Waals surface area contributed by atoms with E-state index in [1.54, 1.807) is 0 Å². The Morgan fingerprint density at radius 2 is 2.00 bits per heavy atom. The summed E-state index contributed by atoms with van der Waals surface area (Å²) in [4.78, 5) is 7.42. The third kappa shape index (κ3) is 2.91. The summed E-state index contributed by atoms with van der Waals surface area (Å²) in [7, 11) is 0. The second-order valence-electron chi connectivity index (χ2n) is 6.85. The van der Waals surface area contributed by atoms with E-state index in [0.717, 1.165) is 35.0 Å². The maximum Gasteiger partial charge on any atom is 0.129 e. The van der Waals surface area contributed by atoms with Crippen LogP contribution >= 0.6 is 11.6 Å². The van der Waals surface area contributed by atoms with E-state index in [4.69, 9.17) is 16.6 Å². The standard InChI is InChI=1S/C17H24ClN3/c18-14-7-8-17(20-15(14)11-19-13-5-6-13)21-10-9-12-3-1-2-4-16(12)21/h7-8,12-13,16,19H,1-6,9-11H2. The van der Waals surface area contributed by atoms with Crippen LogP contribution in [-0.2, 0) is 6.54 Å². The summed E-state index contributed by atoms with van der Waals surface area (Å²) in [5, 5.41) is 4.32. The lowest BCUT2D eigenvalue weighted by Gasteiger charge is -2.32. The van der Waals surface area contributed by atoms with Gasteiger partial charge in [-0.15, -0.1) is 0 Å². The van der Waals surface area contributed by atoms with Gasteiger partial charge in [0.1, 0.15) is 5.82 Å². The predicted octanol–water partition coefficient (Wildman–Crippen LogP) is 3.76. The zero-order chi connectivity index (χ0) is 14.2. The smallest absolute Gasteiger partial charge is 0.129 e. The highest BCUT2D eigenvalue weighted by Gasteiger charge is 2.36. The number of nitrogens with one attached hydrogen (secondary N) is 1. The zero-order valence-electron chi connectivity index (χ0n) is 12.5. The first-order valence-electron chi connectivity index (χ1n) is 8.47. The summed E-state index contributed by atoms with van der Waals surface area (Å²) >= 11 is 6.32. The normalized spacial score (nSPS) is 28.7. The molecule has 0 radical (unpaired) electrons. The van der Waals surface area contributed by atoms with Crippen molar-refractivity contribution < 1.29 is 0 Å². The van der Waals surface area contributed by atoms with Gasteiger partial charge in [0.05, 0.1) is 10.7 Å². The Balaban J connectivity index is 1.52. The summed E-state index contributed by atoms with van der Waals surface area (Å²) in [5.41, 5.74) is 1.01. The van der Waals surface area contributed by atoms with Crippen LogP contribution < -0.4 is 10.2 Å². The number of hydrogen-bond acceptors (Lipinski definition) is 3. The molecule has 2 heterocycles. The Kier molecular flexibility index (Phi) is 3.80. The Morgan fingerprint density at radius 3 is 2.86 bits per heavy atom. The van der Waals surface area contributed by atoms with Crippen molar-refractivity contribution in [2.24, 2.45) is 5.92 Å². The van der Waals surface area contributed by atoms with E-state index in [0.29, 0.717) is 6.04 Å². The van der Waals surface area contributed by atoms with Crippen molar-refractivity contribution in [2.75, 3.05) is 11.4 Å². The molecule has 1 N–H and O–H groups in total. The molecule has 1 saturated heterocycles. The number of hydrogen-bond donors (Lipinski definition) is 1. The highest BCUT2D eigenvalue weighted by molar-refractivity contribution is 6.31. The van der Waals surface area contributed by atoms with E-state index < -0.39 is 0 Å². The fraction of sp³-hybridized carbons (Fsp3) is 0.706. The Labute approximate surface area is 132 Å². The number of fused-ring (bicyclic) bond motifs is 1. The van der Waals surface area contributed by atoms with Gasteiger partial charge in [-0.05, 0) is 50.2 Å². The molecule has 0 aromatic carbocycles. The van der Waals surface area contributed by atoms with Crippen molar-refractivity contribution in [3.05, 3.63) is 22.8 Å². The molecule has 114 valence electrons. The molecule has 2 atom stereocenters. The Bertz CT molecular complexity index is 515. The predicted molar refractivity (Wildman–Crippen MR) is 86.8 cm³/mol. The Morgan fingerprint density at radius 1 is 1.14 bits per heavy atom. The maximum absolute atomic E-state index is 6.32. The van der Waals surface area contributed by atoms with E-state index in [-0.39, 0.29) is 0 Å². The van der Waals surface area contributed by atoms with Gasteiger partial charge in [0.15, 0.2) is 0 Å². The molecule has 1 aromatic rings. The molecule has 0 amide bonds. The van der Waals surface area contributed by atoms with Gasteiger partial charge in [0.2, 0.25) is 0 Å². The molecule has 2 saturated carbocycles. The van der Waals surface area contributed by atoms with Gasteiger partial charge in [-0.2, -0.15) is 0 Å². The lowest BCUT2D eigenvalue weighted by atomic mass is 9.85. The molecule has 4 rings (SSSR count). The second-order valence-corrected chi connectivity index (χ2v) is 7.25. The number of rotatable bonds is 4. The first kappa shape index (κ1) is 13.8. The lowest BCUT2D eigenvalue weighted by Crippen LogP contribution is -2.35. The molecular weight excluding hydrogens is 282 g/mol. The summed E-state index contributed by atoms with van der Waals surface area (Å²) < 4.78 is 0. The number of anilines is 1. The third-order valence-corrected chi connectivity index (χ3v) is 5.69. The van der Waals surface area contributed by atoms with E-state index in [1.807, 2.05) is 6.07 Å². The van der Waals surface area contributed by atoms with Crippen LogP contribution in [0.3, 0.4) is 0 Å². The van der Waals surface area contributed by atoms with Crippen molar-refractivity contribution in [3.8, 4) is 0 Å². The summed E-state index contributed by atoms with van der Waals surface area (Å²) in [6.45, 7) is 1.97. The number of aromatic nitrogens is 1.